The molecule has 7 nitrogen and oxygen atoms in total. The summed E-state index contributed by atoms with van der Waals surface area (Å²) in [6.07, 6.45) is 1.53. The number of carbonyl (C=O) groups excluding carboxylic acids is 1. The number of methoxy groups -OCH3 is 1. The Morgan fingerprint density at radius 3 is 2.94 bits per heavy atom. The fourth-order valence-corrected chi connectivity index (χ4v) is 3.84. The van der Waals surface area contributed by atoms with Gasteiger partial charge in [0.1, 0.15) is 11.8 Å². The number of amides is 1. The summed E-state index contributed by atoms with van der Waals surface area (Å²) in [4.78, 5) is 19.4. The van der Waals surface area contributed by atoms with Crippen molar-refractivity contribution in [2.45, 2.75) is 32.7 Å². The van der Waals surface area contributed by atoms with Crippen LogP contribution in [0.25, 0.3) is 11.4 Å². The van der Waals surface area contributed by atoms with Gasteiger partial charge in [0.15, 0.2) is 11.6 Å². The molecule has 1 atom stereocenters. The first-order valence-corrected chi connectivity index (χ1v) is 10.2. The molecular weight excluding hydrogens is 401 g/mol. The van der Waals surface area contributed by atoms with Crippen LogP contribution in [0.15, 0.2) is 40.9 Å². The van der Waals surface area contributed by atoms with Gasteiger partial charge in [0.2, 0.25) is 11.7 Å². The normalized spacial score (nSPS) is 15.9. The van der Waals surface area contributed by atoms with E-state index in [0.717, 1.165) is 12.0 Å². The Kier molecular flexibility index (Phi) is 5.88. The first kappa shape index (κ1) is 20.8. The quantitative estimate of drug-likeness (QED) is 0.576. The maximum atomic E-state index is 14.2. The van der Waals surface area contributed by atoms with E-state index in [-0.39, 0.29) is 23.5 Å². The third-order valence-corrected chi connectivity index (χ3v) is 5.39. The molecule has 0 bridgehead atoms. The molecule has 8 heteroatoms. The van der Waals surface area contributed by atoms with Crippen LogP contribution in [-0.2, 0) is 0 Å². The van der Waals surface area contributed by atoms with Gasteiger partial charge >= 0.3 is 0 Å². The standard InChI is InChI=1S/C23H24FN3O4/c1-4-30-20-16(7-5-8-17(20)24)21-25-22(31-26-21)18-9-6-12-27(18)23(28)15-11-10-14(2)19(13-15)29-3/h5,7-8,10-11,13,18H,4,6,9,12H2,1-3H3/t18-/m0/s1. The van der Waals surface area contributed by atoms with Gasteiger partial charge in [-0.15, -0.1) is 0 Å². The van der Waals surface area contributed by atoms with Gasteiger partial charge in [-0.3, -0.25) is 4.79 Å². The lowest BCUT2D eigenvalue weighted by molar-refractivity contribution is 0.0709. The molecule has 1 fully saturated rings. The highest BCUT2D eigenvalue weighted by molar-refractivity contribution is 5.95. The average molecular weight is 425 g/mol. The molecule has 0 radical (unpaired) electrons. The zero-order valence-electron chi connectivity index (χ0n) is 17.7. The van der Waals surface area contributed by atoms with E-state index in [1.54, 1.807) is 43.2 Å². The lowest BCUT2D eigenvalue weighted by Gasteiger charge is -2.22. The molecule has 31 heavy (non-hydrogen) atoms. The summed E-state index contributed by atoms with van der Waals surface area (Å²) >= 11 is 0. The Hall–Kier alpha value is -3.42. The third kappa shape index (κ3) is 3.97. The SMILES string of the molecule is CCOc1c(F)cccc1-c1noc([C@@H]2CCCN2C(=O)c2ccc(C)c(OC)c2)n1. The van der Waals surface area contributed by atoms with Gasteiger partial charge in [-0.25, -0.2) is 4.39 Å². The smallest absolute Gasteiger partial charge is 0.254 e. The lowest BCUT2D eigenvalue weighted by atomic mass is 10.1. The van der Waals surface area contributed by atoms with Gasteiger partial charge in [-0.05, 0) is 56.5 Å². The molecule has 1 amide bonds. The van der Waals surface area contributed by atoms with Crippen LogP contribution >= 0.6 is 0 Å². The van der Waals surface area contributed by atoms with E-state index in [1.807, 2.05) is 13.0 Å². The highest BCUT2D eigenvalue weighted by Crippen LogP contribution is 2.36. The minimum Gasteiger partial charge on any atom is -0.496 e. The summed E-state index contributed by atoms with van der Waals surface area (Å²) in [6.45, 7) is 4.60. The second kappa shape index (κ2) is 8.75. The van der Waals surface area contributed by atoms with Gasteiger partial charge < -0.3 is 18.9 Å². The minimum absolute atomic E-state index is 0.0865. The summed E-state index contributed by atoms with van der Waals surface area (Å²) in [5.74, 6) is 0.693. The van der Waals surface area contributed by atoms with Crippen LogP contribution in [0.3, 0.4) is 0 Å². The zero-order chi connectivity index (χ0) is 22.0. The number of para-hydroxylation sites is 1. The monoisotopic (exact) mass is 425 g/mol. The molecule has 1 aliphatic heterocycles. The van der Waals surface area contributed by atoms with E-state index in [1.165, 1.54) is 6.07 Å². The number of carbonyl (C=O) groups is 1. The molecule has 0 spiro atoms. The molecule has 0 aliphatic carbocycles. The van der Waals surface area contributed by atoms with Crippen molar-refractivity contribution in [3.8, 4) is 22.9 Å². The molecule has 1 aliphatic rings. The Morgan fingerprint density at radius 2 is 2.16 bits per heavy atom. The number of hydrogen-bond acceptors (Lipinski definition) is 6. The van der Waals surface area contributed by atoms with Crippen LogP contribution in [0, 0.1) is 12.7 Å². The molecule has 3 aromatic rings. The van der Waals surface area contributed by atoms with Gasteiger partial charge in [0.25, 0.3) is 5.91 Å². The van der Waals surface area contributed by atoms with Crippen LogP contribution < -0.4 is 9.47 Å². The van der Waals surface area contributed by atoms with Crippen molar-refractivity contribution in [1.82, 2.24) is 15.0 Å². The first-order chi connectivity index (χ1) is 15.0. The number of aryl methyl sites for hydroxylation is 1. The molecular formula is C23H24FN3O4. The number of rotatable bonds is 6. The topological polar surface area (TPSA) is 77.7 Å². The lowest BCUT2D eigenvalue weighted by Crippen LogP contribution is -2.30. The van der Waals surface area contributed by atoms with Crippen molar-refractivity contribution in [2.75, 3.05) is 20.3 Å². The Bertz CT molecular complexity index is 1100. The number of likely N-dealkylation sites (tertiary alicyclic amines) is 1. The summed E-state index contributed by atoms with van der Waals surface area (Å²) in [5.41, 5.74) is 1.91. The Labute approximate surface area is 179 Å². The molecule has 0 saturated carbocycles. The maximum absolute atomic E-state index is 14.2. The summed E-state index contributed by atoms with van der Waals surface area (Å²) in [6, 6.07) is 9.62. The van der Waals surface area contributed by atoms with Crippen LogP contribution in [0.4, 0.5) is 4.39 Å². The largest absolute Gasteiger partial charge is 0.496 e. The van der Waals surface area contributed by atoms with Crippen molar-refractivity contribution in [3.05, 3.63) is 59.2 Å². The molecule has 0 unspecified atom stereocenters. The van der Waals surface area contributed by atoms with E-state index >= 15 is 0 Å². The molecule has 1 aromatic heterocycles. The van der Waals surface area contributed by atoms with Gasteiger partial charge in [-0.2, -0.15) is 4.98 Å². The number of nitrogens with zero attached hydrogens (tertiary/aromatic N) is 3. The number of halogens is 1. The second-order valence-corrected chi connectivity index (χ2v) is 7.35. The van der Waals surface area contributed by atoms with Crippen LogP contribution in [0.1, 0.15) is 47.6 Å². The highest BCUT2D eigenvalue weighted by Gasteiger charge is 2.35. The van der Waals surface area contributed by atoms with E-state index < -0.39 is 5.82 Å². The number of ether oxygens (including phenoxy) is 2. The van der Waals surface area contributed by atoms with Crippen molar-refractivity contribution >= 4 is 5.91 Å². The van der Waals surface area contributed by atoms with E-state index in [2.05, 4.69) is 10.1 Å². The van der Waals surface area contributed by atoms with Crippen molar-refractivity contribution in [1.29, 1.82) is 0 Å². The summed E-state index contributed by atoms with van der Waals surface area (Å²) in [5, 5.41) is 4.03. The van der Waals surface area contributed by atoms with Crippen molar-refractivity contribution in [2.24, 2.45) is 0 Å². The predicted molar refractivity (Wildman–Crippen MR) is 112 cm³/mol. The van der Waals surface area contributed by atoms with Crippen LogP contribution in [0.2, 0.25) is 0 Å². The molecule has 4 rings (SSSR count). The first-order valence-electron chi connectivity index (χ1n) is 10.2. The van der Waals surface area contributed by atoms with Crippen molar-refractivity contribution in [3.63, 3.8) is 0 Å². The summed E-state index contributed by atoms with van der Waals surface area (Å²) in [7, 11) is 1.58. The maximum Gasteiger partial charge on any atom is 0.254 e. The van der Waals surface area contributed by atoms with E-state index in [4.69, 9.17) is 14.0 Å². The third-order valence-electron chi connectivity index (χ3n) is 5.39. The van der Waals surface area contributed by atoms with E-state index in [0.29, 0.717) is 42.3 Å². The number of benzene rings is 2. The Morgan fingerprint density at radius 1 is 1.32 bits per heavy atom. The van der Waals surface area contributed by atoms with Gasteiger partial charge in [0.05, 0.1) is 19.3 Å². The predicted octanol–water partition coefficient (Wildman–Crippen LogP) is 4.57. The van der Waals surface area contributed by atoms with Gasteiger partial charge in [-0.1, -0.05) is 17.3 Å². The average Bonchev–Trinajstić information content (AvgIpc) is 3.44. The molecule has 162 valence electrons. The highest BCUT2D eigenvalue weighted by atomic mass is 19.1. The fraction of sp³-hybridized carbons (Fsp3) is 0.348. The van der Waals surface area contributed by atoms with Crippen LogP contribution in [-0.4, -0.2) is 41.2 Å². The Balaban J connectivity index is 1.62. The number of hydrogen-bond donors (Lipinski definition) is 0. The molecule has 1 saturated heterocycles. The molecule has 0 N–H and O–H groups in total. The van der Waals surface area contributed by atoms with Gasteiger partial charge in [0, 0.05) is 12.1 Å². The van der Waals surface area contributed by atoms with E-state index in [9.17, 15) is 9.18 Å². The number of aromatic nitrogens is 2. The fourth-order valence-electron chi connectivity index (χ4n) is 3.84. The van der Waals surface area contributed by atoms with Crippen LogP contribution in [0.5, 0.6) is 11.5 Å². The zero-order valence-corrected chi connectivity index (χ0v) is 17.7. The molecule has 2 aromatic carbocycles. The summed E-state index contributed by atoms with van der Waals surface area (Å²) < 4.78 is 30.5. The molecule has 2 heterocycles. The van der Waals surface area contributed by atoms with Crippen molar-refractivity contribution < 1.29 is 23.2 Å². The second-order valence-electron chi connectivity index (χ2n) is 7.35. The minimum atomic E-state index is -0.489.